The van der Waals surface area contributed by atoms with Crippen LogP contribution in [-0.2, 0) is 17.4 Å². The summed E-state index contributed by atoms with van der Waals surface area (Å²) in [6, 6.07) is 65.0. The molecular formula is C56H38O4. The number of hydrogen-bond donors (Lipinski definition) is 1. The number of methoxy groups -OCH3 is 1. The molecule has 0 spiro atoms. The summed E-state index contributed by atoms with van der Waals surface area (Å²) < 4.78 is 19.4. The summed E-state index contributed by atoms with van der Waals surface area (Å²) in [6.07, 6.45) is 0. The Hall–Kier alpha value is -7.76. The van der Waals surface area contributed by atoms with Gasteiger partial charge in [-0.25, -0.2) is 0 Å². The van der Waals surface area contributed by atoms with E-state index in [9.17, 15) is 5.11 Å². The van der Waals surface area contributed by atoms with Crippen LogP contribution >= 0.6 is 0 Å². The predicted octanol–water partition coefficient (Wildman–Crippen LogP) is 11.8. The van der Waals surface area contributed by atoms with E-state index < -0.39 is 10.8 Å². The van der Waals surface area contributed by atoms with Gasteiger partial charge in [-0.3, -0.25) is 0 Å². The molecule has 0 radical (unpaired) electrons. The lowest BCUT2D eigenvalue weighted by Gasteiger charge is -2.38. The Balaban J connectivity index is 1.25. The third-order valence-corrected chi connectivity index (χ3v) is 11.6. The molecule has 2 aliphatic heterocycles. The normalized spacial score (nSPS) is 13.5. The second-order valence-corrected chi connectivity index (χ2v) is 14.9. The monoisotopic (exact) mass is 774 g/mol. The number of hydrogen-bond acceptors (Lipinski definition) is 4. The zero-order chi connectivity index (χ0) is 40.5. The van der Waals surface area contributed by atoms with Crippen molar-refractivity contribution >= 4 is 0 Å². The Morgan fingerprint density at radius 2 is 0.817 bits per heavy atom. The summed E-state index contributed by atoms with van der Waals surface area (Å²) in [5.74, 6) is 18.3. The van der Waals surface area contributed by atoms with E-state index in [1.54, 1.807) is 7.11 Å². The zero-order valence-electron chi connectivity index (χ0n) is 32.9. The molecule has 60 heavy (non-hydrogen) atoms. The minimum atomic E-state index is -1.01. The molecule has 0 unspecified atom stereocenters. The molecule has 2 aliphatic rings. The highest BCUT2D eigenvalue weighted by molar-refractivity contribution is 5.78. The highest BCUT2D eigenvalue weighted by Crippen LogP contribution is 2.55. The summed E-state index contributed by atoms with van der Waals surface area (Å²) in [6.45, 7) is -0.185. The van der Waals surface area contributed by atoms with Crippen LogP contribution in [0.5, 0.6) is 28.7 Å². The molecule has 0 aromatic heterocycles. The van der Waals surface area contributed by atoms with Crippen LogP contribution < -0.4 is 14.2 Å². The van der Waals surface area contributed by atoms with E-state index >= 15 is 0 Å². The average molecular weight is 775 g/mol. The van der Waals surface area contributed by atoms with Gasteiger partial charge >= 0.3 is 0 Å². The maximum absolute atomic E-state index is 11.1. The molecule has 0 amide bonds. The molecule has 286 valence electrons. The fourth-order valence-corrected chi connectivity index (χ4v) is 8.77. The Morgan fingerprint density at radius 1 is 0.433 bits per heavy atom. The van der Waals surface area contributed by atoms with Crippen LogP contribution in [0.4, 0.5) is 0 Å². The molecule has 10 rings (SSSR count). The lowest BCUT2D eigenvalue weighted by molar-refractivity contribution is 0.279. The first-order valence-electron chi connectivity index (χ1n) is 20.0. The van der Waals surface area contributed by atoms with Gasteiger partial charge in [0.05, 0.1) is 13.7 Å². The van der Waals surface area contributed by atoms with Gasteiger partial charge in [0, 0.05) is 38.9 Å². The number of ether oxygens (including phenoxy) is 3. The van der Waals surface area contributed by atoms with Gasteiger partial charge < -0.3 is 19.3 Å². The van der Waals surface area contributed by atoms with Crippen LogP contribution in [0.2, 0.25) is 0 Å². The van der Waals surface area contributed by atoms with Crippen molar-refractivity contribution in [2.45, 2.75) is 17.4 Å². The molecule has 8 aromatic carbocycles. The van der Waals surface area contributed by atoms with E-state index in [1.165, 1.54) is 0 Å². The van der Waals surface area contributed by atoms with Crippen LogP contribution in [-0.4, -0.2) is 12.2 Å². The zero-order valence-corrected chi connectivity index (χ0v) is 32.9. The van der Waals surface area contributed by atoms with E-state index in [1.807, 2.05) is 146 Å². The number of aliphatic hydroxyl groups excluding tert-OH is 1. The van der Waals surface area contributed by atoms with Crippen molar-refractivity contribution in [3.63, 3.8) is 0 Å². The number of para-hydroxylation sites is 4. The van der Waals surface area contributed by atoms with E-state index in [0.717, 1.165) is 84.2 Å². The van der Waals surface area contributed by atoms with E-state index in [0.29, 0.717) is 5.75 Å². The lowest BCUT2D eigenvalue weighted by Crippen LogP contribution is -2.33. The van der Waals surface area contributed by atoms with E-state index in [-0.39, 0.29) is 6.61 Å². The number of rotatable bonds is 5. The maximum atomic E-state index is 11.1. The molecule has 2 heterocycles. The van der Waals surface area contributed by atoms with Crippen molar-refractivity contribution in [1.82, 2.24) is 0 Å². The number of aliphatic hydroxyl groups is 1. The van der Waals surface area contributed by atoms with Crippen LogP contribution in [0.1, 0.15) is 50.1 Å². The van der Waals surface area contributed by atoms with Crippen molar-refractivity contribution in [1.29, 1.82) is 0 Å². The molecule has 0 fully saturated rings. The third kappa shape index (κ3) is 6.02. The molecule has 8 aromatic rings. The van der Waals surface area contributed by atoms with Crippen molar-refractivity contribution in [2.24, 2.45) is 0 Å². The fraction of sp³-hybridized carbons (Fsp3) is 0.0714. The minimum absolute atomic E-state index is 0.185. The van der Waals surface area contributed by atoms with Crippen molar-refractivity contribution < 1.29 is 19.3 Å². The number of fused-ring (bicyclic) bond motifs is 4. The second kappa shape index (κ2) is 15.2. The summed E-state index contributed by atoms with van der Waals surface area (Å²) in [7, 11) is 1.71. The van der Waals surface area contributed by atoms with Gasteiger partial charge in [0.1, 0.15) is 39.6 Å². The first-order valence-corrected chi connectivity index (χ1v) is 20.0. The Bertz CT molecular complexity index is 2740. The van der Waals surface area contributed by atoms with Crippen molar-refractivity contribution in [2.75, 3.05) is 7.11 Å². The smallest absolute Gasteiger partial charge is 0.132 e. The molecule has 0 atom stereocenters. The van der Waals surface area contributed by atoms with Gasteiger partial charge in [-0.15, -0.1) is 0 Å². The predicted molar refractivity (Wildman–Crippen MR) is 237 cm³/mol. The van der Waals surface area contributed by atoms with Gasteiger partial charge in [0.2, 0.25) is 0 Å². The minimum Gasteiger partial charge on any atom is -0.496 e. The quantitative estimate of drug-likeness (QED) is 0.177. The van der Waals surface area contributed by atoms with Gasteiger partial charge in [-0.1, -0.05) is 151 Å². The van der Waals surface area contributed by atoms with Crippen molar-refractivity contribution in [3.05, 3.63) is 244 Å². The van der Waals surface area contributed by atoms with Crippen molar-refractivity contribution in [3.8, 4) is 63.6 Å². The Morgan fingerprint density at radius 3 is 1.25 bits per heavy atom. The fourth-order valence-electron chi connectivity index (χ4n) is 8.77. The van der Waals surface area contributed by atoms with Crippen LogP contribution in [0.15, 0.2) is 194 Å². The number of benzene rings is 8. The highest BCUT2D eigenvalue weighted by atomic mass is 16.5. The Kier molecular flexibility index (Phi) is 9.27. The highest BCUT2D eigenvalue weighted by Gasteiger charge is 2.46. The molecule has 4 heteroatoms. The van der Waals surface area contributed by atoms with E-state index in [4.69, 9.17) is 14.2 Å². The SMILES string of the molecule is COc1ccc(-c2ccc(CO)c(C3(C#Cc4ccccc4)c4ccccc4Oc4ccccc43)c2)cc1C1(C#Cc2ccccc2)c2ccccc2Oc2ccccc21. The van der Waals surface area contributed by atoms with Gasteiger partial charge in [-0.2, -0.15) is 0 Å². The standard InChI is InChI=1S/C56H38O4/c1-58-50-31-30-42(37-49(50)56(35-33-40-18-6-3-7-19-40)46-22-10-14-26-53(46)60-54-27-15-11-23-47(54)56)41-28-29-43(38-57)48(36-41)55(34-32-39-16-4-2-5-17-39)44-20-8-12-24-51(44)59-52-25-13-9-21-45(52)55/h2-31,36-37,57H,38H2,1H3. The topological polar surface area (TPSA) is 47.9 Å². The molecule has 1 N–H and O–H groups in total. The van der Waals surface area contributed by atoms with Gasteiger partial charge in [0.15, 0.2) is 0 Å². The molecule has 0 saturated carbocycles. The molecule has 0 saturated heterocycles. The summed E-state index contributed by atoms with van der Waals surface area (Å²) in [5, 5.41) is 11.1. The lowest BCUT2D eigenvalue weighted by atomic mass is 9.66. The molecule has 4 nitrogen and oxygen atoms in total. The summed E-state index contributed by atoms with van der Waals surface area (Å²) in [4.78, 5) is 0. The second-order valence-electron chi connectivity index (χ2n) is 14.9. The van der Waals surface area contributed by atoms with E-state index in [2.05, 4.69) is 72.2 Å². The summed E-state index contributed by atoms with van der Waals surface area (Å²) in [5.41, 5.74) is 7.83. The van der Waals surface area contributed by atoms with Crippen LogP contribution in [0, 0.1) is 23.7 Å². The largest absolute Gasteiger partial charge is 0.496 e. The maximum Gasteiger partial charge on any atom is 0.132 e. The Labute approximate surface area is 350 Å². The third-order valence-electron chi connectivity index (χ3n) is 11.6. The summed E-state index contributed by atoms with van der Waals surface area (Å²) >= 11 is 0. The molecule has 0 aliphatic carbocycles. The van der Waals surface area contributed by atoms with Crippen LogP contribution in [0.25, 0.3) is 11.1 Å². The van der Waals surface area contributed by atoms with Crippen LogP contribution in [0.3, 0.4) is 0 Å². The molecule has 0 bridgehead atoms. The van der Waals surface area contributed by atoms with Gasteiger partial charge in [-0.05, 0) is 89.0 Å². The first kappa shape index (κ1) is 36.6. The van der Waals surface area contributed by atoms with Gasteiger partial charge in [0.25, 0.3) is 0 Å². The first-order chi connectivity index (χ1) is 29.6. The average Bonchev–Trinajstić information content (AvgIpc) is 3.32. The molecular weight excluding hydrogens is 737 g/mol.